The number of aromatic nitrogens is 8. The SMILES string of the molecule is CC(C)Nc1cncc(-c2ccc3[nH]nc(-c4nc5c(-c6ccccn6)cncc5[nH]4)c3n2)c1. The minimum absolute atomic E-state index is 0.312. The van der Waals surface area contributed by atoms with Crippen LogP contribution >= 0.6 is 0 Å². The minimum atomic E-state index is 0.312. The molecule has 0 fully saturated rings. The first-order valence-electron chi connectivity index (χ1n) is 11.0. The van der Waals surface area contributed by atoms with Gasteiger partial charge in [0.05, 0.1) is 34.3 Å². The molecule has 0 saturated carbocycles. The second-order valence-corrected chi connectivity index (χ2v) is 8.31. The van der Waals surface area contributed by atoms with E-state index >= 15 is 0 Å². The molecule has 0 amide bonds. The lowest BCUT2D eigenvalue weighted by Crippen LogP contribution is -2.09. The molecule has 0 aliphatic rings. The molecule has 166 valence electrons. The van der Waals surface area contributed by atoms with E-state index in [0.717, 1.165) is 50.3 Å². The second kappa shape index (κ2) is 8.04. The Labute approximate surface area is 194 Å². The van der Waals surface area contributed by atoms with Gasteiger partial charge in [0.1, 0.15) is 11.0 Å². The van der Waals surface area contributed by atoms with Crippen molar-refractivity contribution in [1.82, 2.24) is 40.1 Å². The van der Waals surface area contributed by atoms with Crippen LogP contribution in [0.2, 0.25) is 0 Å². The molecule has 0 saturated heterocycles. The Bertz CT molecular complexity index is 1620. The number of fused-ring (bicyclic) bond motifs is 2. The average Bonchev–Trinajstić information content (AvgIpc) is 3.48. The van der Waals surface area contributed by atoms with Gasteiger partial charge in [0.2, 0.25) is 0 Å². The smallest absolute Gasteiger partial charge is 0.161 e. The fraction of sp³-hybridized carbons (Fsp3) is 0.120. The van der Waals surface area contributed by atoms with Crippen LogP contribution in [0.25, 0.3) is 56.1 Å². The molecule has 0 bridgehead atoms. The summed E-state index contributed by atoms with van der Waals surface area (Å²) in [5, 5.41) is 11.0. The van der Waals surface area contributed by atoms with Gasteiger partial charge in [-0.3, -0.25) is 20.1 Å². The summed E-state index contributed by atoms with van der Waals surface area (Å²) < 4.78 is 0. The molecule has 0 aliphatic carbocycles. The molecular formula is C25H21N9. The Kier molecular flexibility index (Phi) is 4.72. The highest BCUT2D eigenvalue weighted by atomic mass is 15.2. The van der Waals surface area contributed by atoms with Crippen molar-refractivity contribution in [3.63, 3.8) is 0 Å². The summed E-state index contributed by atoms with van der Waals surface area (Å²) in [6, 6.07) is 12.1. The largest absolute Gasteiger partial charge is 0.382 e. The normalized spacial score (nSPS) is 11.5. The lowest BCUT2D eigenvalue weighted by Gasteiger charge is -2.10. The number of hydrogen-bond donors (Lipinski definition) is 3. The summed E-state index contributed by atoms with van der Waals surface area (Å²) in [5.41, 5.74) is 8.14. The van der Waals surface area contributed by atoms with Crippen LogP contribution in [0.4, 0.5) is 5.69 Å². The Morgan fingerprint density at radius 3 is 2.62 bits per heavy atom. The van der Waals surface area contributed by atoms with Gasteiger partial charge in [-0.05, 0) is 44.2 Å². The van der Waals surface area contributed by atoms with E-state index in [9.17, 15) is 0 Å². The fourth-order valence-corrected chi connectivity index (χ4v) is 3.97. The Morgan fingerprint density at radius 2 is 1.76 bits per heavy atom. The predicted molar refractivity (Wildman–Crippen MR) is 132 cm³/mol. The third-order valence-electron chi connectivity index (χ3n) is 5.46. The Hall–Kier alpha value is -4.66. The standard InChI is InChI=1S/C25H21N9/c1-14(2)29-16-9-15(10-26-11-16)18-6-7-20-23(30-18)24(34-33-20)25-31-21-13-27-12-17(22(21)32-25)19-5-3-4-8-28-19/h3-14,29H,1-2H3,(H,31,32)(H,33,34). The summed E-state index contributed by atoms with van der Waals surface area (Å²) in [5.74, 6) is 0.615. The molecule has 0 aromatic carbocycles. The van der Waals surface area contributed by atoms with Crippen LogP contribution in [0.3, 0.4) is 0 Å². The highest BCUT2D eigenvalue weighted by Gasteiger charge is 2.17. The van der Waals surface area contributed by atoms with Crippen LogP contribution in [0.15, 0.2) is 67.4 Å². The predicted octanol–water partition coefficient (Wildman–Crippen LogP) is 4.84. The average molecular weight is 448 g/mol. The quantitative estimate of drug-likeness (QED) is 0.346. The lowest BCUT2D eigenvalue weighted by molar-refractivity contribution is 0.898. The molecule has 6 heterocycles. The Morgan fingerprint density at radius 1 is 0.853 bits per heavy atom. The minimum Gasteiger partial charge on any atom is -0.382 e. The number of nitrogens with zero attached hydrogens (tertiary/aromatic N) is 6. The van der Waals surface area contributed by atoms with E-state index in [1.165, 1.54) is 0 Å². The second-order valence-electron chi connectivity index (χ2n) is 8.31. The summed E-state index contributed by atoms with van der Waals surface area (Å²) >= 11 is 0. The first-order valence-corrected chi connectivity index (χ1v) is 11.0. The van der Waals surface area contributed by atoms with Gasteiger partial charge in [0.25, 0.3) is 0 Å². The molecule has 0 unspecified atom stereocenters. The van der Waals surface area contributed by atoms with Gasteiger partial charge in [0.15, 0.2) is 11.5 Å². The van der Waals surface area contributed by atoms with E-state index in [4.69, 9.17) is 9.97 Å². The first kappa shape index (κ1) is 20.0. The van der Waals surface area contributed by atoms with Crippen molar-refractivity contribution in [2.45, 2.75) is 19.9 Å². The zero-order valence-corrected chi connectivity index (χ0v) is 18.6. The van der Waals surface area contributed by atoms with Crippen LogP contribution in [-0.2, 0) is 0 Å². The van der Waals surface area contributed by atoms with Crippen molar-refractivity contribution in [3.05, 3.63) is 67.4 Å². The number of rotatable bonds is 5. The van der Waals surface area contributed by atoms with E-state index in [2.05, 4.69) is 49.3 Å². The van der Waals surface area contributed by atoms with Crippen LogP contribution in [0, 0.1) is 0 Å². The topological polar surface area (TPSA) is 121 Å². The maximum atomic E-state index is 4.90. The van der Waals surface area contributed by atoms with Gasteiger partial charge in [0, 0.05) is 42.0 Å². The van der Waals surface area contributed by atoms with Crippen LogP contribution in [0.5, 0.6) is 0 Å². The molecular weight excluding hydrogens is 426 g/mol. The number of aromatic amines is 2. The zero-order chi connectivity index (χ0) is 23.1. The van der Waals surface area contributed by atoms with Gasteiger partial charge in [-0.2, -0.15) is 5.10 Å². The molecule has 9 heteroatoms. The van der Waals surface area contributed by atoms with E-state index in [-0.39, 0.29) is 0 Å². The number of imidazole rings is 1. The van der Waals surface area contributed by atoms with Crippen molar-refractivity contribution in [1.29, 1.82) is 0 Å². The van der Waals surface area contributed by atoms with E-state index in [1.54, 1.807) is 18.6 Å². The molecule has 3 N–H and O–H groups in total. The van der Waals surface area contributed by atoms with E-state index in [0.29, 0.717) is 17.6 Å². The molecule has 6 aromatic rings. The van der Waals surface area contributed by atoms with Crippen molar-refractivity contribution < 1.29 is 0 Å². The van der Waals surface area contributed by atoms with Crippen molar-refractivity contribution in [3.8, 4) is 34.0 Å². The fourth-order valence-electron chi connectivity index (χ4n) is 3.97. The Balaban J connectivity index is 1.45. The number of anilines is 1. The van der Waals surface area contributed by atoms with E-state index in [1.807, 2.05) is 48.8 Å². The summed E-state index contributed by atoms with van der Waals surface area (Å²) in [6.45, 7) is 4.19. The van der Waals surface area contributed by atoms with E-state index < -0.39 is 0 Å². The number of nitrogens with one attached hydrogen (secondary N) is 3. The monoisotopic (exact) mass is 447 g/mol. The number of hydrogen-bond acceptors (Lipinski definition) is 7. The summed E-state index contributed by atoms with van der Waals surface area (Å²) in [4.78, 5) is 26.3. The lowest BCUT2D eigenvalue weighted by atomic mass is 10.1. The first-order chi connectivity index (χ1) is 16.7. The van der Waals surface area contributed by atoms with Crippen LogP contribution in [-0.4, -0.2) is 46.1 Å². The third-order valence-corrected chi connectivity index (χ3v) is 5.46. The van der Waals surface area contributed by atoms with Crippen LogP contribution in [0.1, 0.15) is 13.8 Å². The van der Waals surface area contributed by atoms with Gasteiger partial charge >= 0.3 is 0 Å². The molecule has 6 aromatic heterocycles. The number of pyridine rings is 4. The van der Waals surface area contributed by atoms with Gasteiger partial charge < -0.3 is 10.3 Å². The van der Waals surface area contributed by atoms with Gasteiger partial charge in [-0.1, -0.05) is 6.07 Å². The van der Waals surface area contributed by atoms with Crippen LogP contribution < -0.4 is 5.32 Å². The third kappa shape index (κ3) is 3.53. The van der Waals surface area contributed by atoms with Gasteiger partial charge in [-0.15, -0.1) is 0 Å². The van der Waals surface area contributed by atoms with Crippen molar-refractivity contribution in [2.75, 3.05) is 5.32 Å². The molecule has 34 heavy (non-hydrogen) atoms. The van der Waals surface area contributed by atoms with Gasteiger partial charge in [-0.25, -0.2) is 9.97 Å². The molecule has 0 atom stereocenters. The highest BCUT2D eigenvalue weighted by molar-refractivity contribution is 5.95. The summed E-state index contributed by atoms with van der Waals surface area (Å²) in [6.07, 6.45) is 8.91. The highest BCUT2D eigenvalue weighted by Crippen LogP contribution is 2.30. The number of H-pyrrole nitrogens is 2. The molecule has 6 rings (SSSR count). The van der Waals surface area contributed by atoms with Crippen molar-refractivity contribution in [2.24, 2.45) is 0 Å². The molecule has 0 spiro atoms. The molecule has 0 radical (unpaired) electrons. The maximum absolute atomic E-state index is 4.90. The molecule has 0 aliphatic heterocycles. The van der Waals surface area contributed by atoms with Crippen molar-refractivity contribution >= 4 is 27.8 Å². The maximum Gasteiger partial charge on any atom is 0.161 e. The molecule has 9 nitrogen and oxygen atoms in total. The zero-order valence-electron chi connectivity index (χ0n) is 18.6. The summed E-state index contributed by atoms with van der Waals surface area (Å²) in [7, 11) is 0.